The van der Waals surface area contributed by atoms with E-state index in [0.29, 0.717) is 18.6 Å². The van der Waals surface area contributed by atoms with E-state index in [0.717, 1.165) is 28.6 Å². The standard InChI is InChI=1S/C23H21NO2S/c25-21-10-6-19(7-11-21)24(18-4-2-1-3-5-18)20-8-12-23(13-9-20)27-16-14-22(26)15-17-27/h1-13H,14-17H2/p+1. The molecule has 27 heavy (non-hydrogen) atoms. The lowest BCUT2D eigenvalue weighted by Crippen LogP contribution is -2.23. The lowest BCUT2D eigenvalue weighted by Gasteiger charge is -2.25. The highest BCUT2D eigenvalue weighted by molar-refractivity contribution is 7.97. The molecule has 1 N–H and O–H groups in total. The van der Waals surface area contributed by atoms with E-state index in [1.807, 2.05) is 30.3 Å². The van der Waals surface area contributed by atoms with E-state index in [2.05, 4.69) is 41.3 Å². The fourth-order valence-corrected chi connectivity index (χ4v) is 5.50. The maximum absolute atomic E-state index is 11.5. The molecule has 1 saturated heterocycles. The summed E-state index contributed by atoms with van der Waals surface area (Å²) < 4.78 is 0. The number of Topliss-reactive ketones (excluding diaryl/α,β-unsaturated/α-hetero) is 1. The van der Waals surface area contributed by atoms with Gasteiger partial charge in [-0.3, -0.25) is 4.79 Å². The molecule has 4 rings (SSSR count). The van der Waals surface area contributed by atoms with Crippen molar-refractivity contribution in [2.45, 2.75) is 17.7 Å². The molecular formula is C23H22NO2S+. The van der Waals surface area contributed by atoms with Crippen molar-refractivity contribution in [2.24, 2.45) is 0 Å². The Morgan fingerprint density at radius 1 is 0.704 bits per heavy atom. The second kappa shape index (κ2) is 7.89. The summed E-state index contributed by atoms with van der Waals surface area (Å²) in [6, 6.07) is 26.2. The van der Waals surface area contributed by atoms with Crippen molar-refractivity contribution in [1.29, 1.82) is 0 Å². The van der Waals surface area contributed by atoms with Crippen molar-refractivity contribution in [2.75, 3.05) is 16.4 Å². The van der Waals surface area contributed by atoms with E-state index in [4.69, 9.17) is 0 Å². The van der Waals surface area contributed by atoms with Crippen LogP contribution in [0.3, 0.4) is 0 Å². The monoisotopic (exact) mass is 376 g/mol. The Hall–Kier alpha value is -2.72. The number of hydrogen-bond acceptors (Lipinski definition) is 3. The van der Waals surface area contributed by atoms with E-state index in [9.17, 15) is 9.90 Å². The molecule has 1 aliphatic rings. The number of carbonyl (C=O) groups is 1. The number of nitrogens with zero attached hydrogens (tertiary/aromatic N) is 1. The summed E-state index contributed by atoms with van der Waals surface area (Å²) in [4.78, 5) is 15.0. The number of benzene rings is 3. The van der Waals surface area contributed by atoms with Gasteiger partial charge in [0.1, 0.15) is 23.0 Å². The van der Waals surface area contributed by atoms with Crippen LogP contribution >= 0.6 is 0 Å². The third-order valence-electron chi connectivity index (χ3n) is 4.81. The third-order valence-corrected chi connectivity index (χ3v) is 7.14. The predicted octanol–water partition coefficient (Wildman–Crippen LogP) is 5.20. The molecule has 3 aromatic rings. The fraction of sp³-hybridized carbons (Fsp3) is 0.174. The Bertz CT molecular complexity index is 897. The molecule has 0 spiro atoms. The van der Waals surface area contributed by atoms with Crippen LogP contribution < -0.4 is 4.90 Å². The van der Waals surface area contributed by atoms with Gasteiger partial charge in [0.05, 0.1) is 12.8 Å². The zero-order chi connectivity index (χ0) is 18.6. The zero-order valence-corrected chi connectivity index (χ0v) is 15.9. The van der Waals surface area contributed by atoms with Gasteiger partial charge in [0.15, 0.2) is 4.90 Å². The molecule has 136 valence electrons. The second-order valence-electron chi connectivity index (χ2n) is 6.62. The summed E-state index contributed by atoms with van der Waals surface area (Å²) in [5.41, 5.74) is 3.14. The maximum atomic E-state index is 11.5. The predicted molar refractivity (Wildman–Crippen MR) is 112 cm³/mol. The van der Waals surface area contributed by atoms with E-state index in [1.54, 1.807) is 12.1 Å². The highest BCUT2D eigenvalue weighted by Gasteiger charge is 2.28. The number of ketones is 1. The Balaban J connectivity index is 1.66. The number of phenolic OH excluding ortho intramolecular Hbond substituents is 1. The van der Waals surface area contributed by atoms with Gasteiger partial charge in [0, 0.05) is 28.0 Å². The molecule has 3 nitrogen and oxygen atoms in total. The van der Waals surface area contributed by atoms with Crippen LogP contribution in [0.25, 0.3) is 0 Å². The van der Waals surface area contributed by atoms with E-state index >= 15 is 0 Å². The quantitative estimate of drug-likeness (QED) is 0.636. The first-order valence-electron chi connectivity index (χ1n) is 9.14. The van der Waals surface area contributed by atoms with Crippen molar-refractivity contribution in [3.05, 3.63) is 78.9 Å². The number of rotatable bonds is 4. The Kier molecular flexibility index (Phi) is 5.16. The summed E-state index contributed by atoms with van der Waals surface area (Å²) in [5.74, 6) is 2.63. The molecule has 1 fully saturated rings. The lowest BCUT2D eigenvalue weighted by atomic mass is 10.2. The van der Waals surface area contributed by atoms with E-state index in [1.165, 1.54) is 4.90 Å². The molecular weight excluding hydrogens is 354 g/mol. The van der Waals surface area contributed by atoms with Crippen LogP contribution in [0.5, 0.6) is 5.75 Å². The molecule has 0 saturated carbocycles. The minimum absolute atomic E-state index is 0.185. The Morgan fingerprint density at radius 3 is 1.81 bits per heavy atom. The first kappa shape index (κ1) is 17.7. The average molecular weight is 377 g/mol. The second-order valence-corrected chi connectivity index (χ2v) is 8.89. The summed E-state index contributed by atoms with van der Waals surface area (Å²) in [6.07, 6.45) is 1.43. The third kappa shape index (κ3) is 4.01. The van der Waals surface area contributed by atoms with Gasteiger partial charge in [-0.15, -0.1) is 0 Å². The summed E-state index contributed by atoms with van der Waals surface area (Å²) in [6.45, 7) is 0. The van der Waals surface area contributed by atoms with Crippen molar-refractivity contribution >= 4 is 33.7 Å². The average Bonchev–Trinajstić information content (AvgIpc) is 2.72. The molecule has 0 amide bonds. The van der Waals surface area contributed by atoms with Crippen LogP contribution in [0.2, 0.25) is 0 Å². The lowest BCUT2D eigenvalue weighted by molar-refractivity contribution is -0.118. The summed E-state index contributed by atoms with van der Waals surface area (Å²) in [5, 5.41) is 9.64. The smallest absolute Gasteiger partial charge is 0.155 e. The van der Waals surface area contributed by atoms with Gasteiger partial charge in [-0.25, -0.2) is 0 Å². The molecule has 0 unspecified atom stereocenters. The Labute approximate surface area is 162 Å². The zero-order valence-electron chi connectivity index (χ0n) is 15.0. The molecule has 0 atom stereocenters. The summed E-state index contributed by atoms with van der Waals surface area (Å²) in [7, 11) is 0.185. The fourth-order valence-electron chi connectivity index (χ4n) is 3.35. The van der Waals surface area contributed by atoms with Crippen LogP contribution in [0, 0.1) is 0 Å². The molecule has 1 heterocycles. The molecule has 0 radical (unpaired) electrons. The topological polar surface area (TPSA) is 40.5 Å². The molecule has 0 aromatic heterocycles. The number of phenols is 1. The molecule has 0 bridgehead atoms. The van der Waals surface area contributed by atoms with Gasteiger partial charge >= 0.3 is 0 Å². The van der Waals surface area contributed by atoms with Crippen molar-refractivity contribution in [3.63, 3.8) is 0 Å². The number of anilines is 3. The van der Waals surface area contributed by atoms with Gasteiger partial charge in [0.2, 0.25) is 0 Å². The molecule has 0 aliphatic carbocycles. The minimum atomic E-state index is 0.185. The number of para-hydroxylation sites is 1. The van der Waals surface area contributed by atoms with Crippen LogP contribution in [-0.2, 0) is 15.7 Å². The molecule has 3 aromatic carbocycles. The van der Waals surface area contributed by atoms with Crippen LogP contribution in [-0.4, -0.2) is 22.4 Å². The van der Waals surface area contributed by atoms with Gasteiger partial charge in [-0.1, -0.05) is 18.2 Å². The van der Waals surface area contributed by atoms with E-state index in [-0.39, 0.29) is 16.6 Å². The maximum Gasteiger partial charge on any atom is 0.155 e. The van der Waals surface area contributed by atoms with Gasteiger partial charge in [0.25, 0.3) is 0 Å². The highest BCUT2D eigenvalue weighted by atomic mass is 32.2. The van der Waals surface area contributed by atoms with Gasteiger partial charge in [-0.05, 0) is 60.7 Å². The molecule has 1 aliphatic heterocycles. The SMILES string of the molecule is O=C1CC[S+](c2ccc(N(c3ccccc3)c3ccc(O)cc3)cc2)CC1. The van der Waals surface area contributed by atoms with Crippen molar-refractivity contribution in [1.82, 2.24) is 0 Å². The first-order valence-corrected chi connectivity index (χ1v) is 10.7. The van der Waals surface area contributed by atoms with Gasteiger partial charge in [-0.2, -0.15) is 0 Å². The van der Waals surface area contributed by atoms with Crippen LogP contribution in [0.1, 0.15) is 12.8 Å². The van der Waals surface area contributed by atoms with Crippen LogP contribution in [0.15, 0.2) is 83.8 Å². The highest BCUT2D eigenvalue weighted by Crippen LogP contribution is 2.35. The van der Waals surface area contributed by atoms with Crippen molar-refractivity contribution in [3.8, 4) is 5.75 Å². The Morgan fingerprint density at radius 2 is 1.22 bits per heavy atom. The normalized spacial score (nSPS) is 14.9. The van der Waals surface area contributed by atoms with Gasteiger partial charge < -0.3 is 10.0 Å². The number of aromatic hydroxyl groups is 1. The van der Waals surface area contributed by atoms with E-state index < -0.39 is 0 Å². The summed E-state index contributed by atoms with van der Waals surface area (Å²) >= 11 is 0. The van der Waals surface area contributed by atoms with Crippen molar-refractivity contribution < 1.29 is 9.90 Å². The van der Waals surface area contributed by atoms with Crippen LogP contribution in [0.4, 0.5) is 17.1 Å². The first-order chi connectivity index (χ1) is 13.2. The largest absolute Gasteiger partial charge is 0.508 e. The number of carbonyl (C=O) groups excluding carboxylic acids is 1. The number of hydrogen-bond donors (Lipinski definition) is 1. The molecule has 4 heteroatoms. The minimum Gasteiger partial charge on any atom is -0.508 e.